The largest absolute Gasteiger partial charge is 0.332 e. The SMILES string of the molecule is Cc1cc(C)nc(-c2noc(-c3cc4ccccc4c(=O)n3C)n2)c1. The molecule has 0 N–H and O–H groups in total. The fourth-order valence-corrected chi connectivity index (χ4v) is 2.94. The van der Waals surface area contributed by atoms with Crippen molar-refractivity contribution in [2.24, 2.45) is 7.05 Å². The fraction of sp³-hybridized carbons (Fsp3) is 0.158. The molecule has 0 spiro atoms. The van der Waals surface area contributed by atoms with Crippen LogP contribution in [-0.2, 0) is 7.05 Å². The van der Waals surface area contributed by atoms with Gasteiger partial charge in [0.2, 0.25) is 5.82 Å². The molecule has 1 aromatic carbocycles. The molecule has 0 aliphatic heterocycles. The van der Waals surface area contributed by atoms with Gasteiger partial charge in [0, 0.05) is 18.1 Å². The molecule has 3 heterocycles. The molecule has 0 saturated carbocycles. The lowest BCUT2D eigenvalue weighted by atomic mass is 10.1. The quantitative estimate of drug-likeness (QED) is 0.563. The monoisotopic (exact) mass is 332 g/mol. The molecule has 6 heteroatoms. The summed E-state index contributed by atoms with van der Waals surface area (Å²) in [6.45, 7) is 3.91. The van der Waals surface area contributed by atoms with Crippen molar-refractivity contribution in [3.05, 3.63) is 64.1 Å². The summed E-state index contributed by atoms with van der Waals surface area (Å²) in [6.07, 6.45) is 0. The maximum absolute atomic E-state index is 12.5. The number of hydrogen-bond donors (Lipinski definition) is 0. The van der Waals surface area contributed by atoms with Gasteiger partial charge in [0.05, 0.1) is 0 Å². The highest BCUT2D eigenvalue weighted by atomic mass is 16.5. The highest BCUT2D eigenvalue weighted by molar-refractivity contribution is 5.84. The number of hydrogen-bond acceptors (Lipinski definition) is 5. The maximum Gasteiger partial charge on any atom is 0.275 e. The van der Waals surface area contributed by atoms with E-state index >= 15 is 0 Å². The van der Waals surface area contributed by atoms with E-state index in [-0.39, 0.29) is 5.56 Å². The third-order valence-corrected chi connectivity index (χ3v) is 4.12. The minimum absolute atomic E-state index is 0.0997. The summed E-state index contributed by atoms with van der Waals surface area (Å²) >= 11 is 0. The third-order valence-electron chi connectivity index (χ3n) is 4.12. The molecule has 0 atom stereocenters. The van der Waals surface area contributed by atoms with Crippen molar-refractivity contribution in [3.63, 3.8) is 0 Å². The van der Waals surface area contributed by atoms with Crippen LogP contribution < -0.4 is 5.56 Å². The van der Waals surface area contributed by atoms with Gasteiger partial charge in [-0.25, -0.2) is 4.98 Å². The molecule has 4 rings (SSSR count). The molecule has 0 aliphatic carbocycles. The van der Waals surface area contributed by atoms with Gasteiger partial charge in [-0.3, -0.25) is 4.79 Å². The molecule has 0 fully saturated rings. The number of fused-ring (bicyclic) bond motifs is 1. The second kappa shape index (κ2) is 5.66. The summed E-state index contributed by atoms with van der Waals surface area (Å²) < 4.78 is 6.93. The average molecular weight is 332 g/mol. The Morgan fingerprint density at radius 3 is 2.64 bits per heavy atom. The zero-order valence-electron chi connectivity index (χ0n) is 14.1. The van der Waals surface area contributed by atoms with Gasteiger partial charge in [-0.05, 0) is 49.1 Å². The fourth-order valence-electron chi connectivity index (χ4n) is 2.94. The average Bonchev–Trinajstić information content (AvgIpc) is 3.07. The van der Waals surface area contributed by atoms with Gasteiger partial charge in [0.1, 0.15) is 11.4 Å². The van der Waals surface area contributed by atoms with E-state index in [0.717, 1.165) is 16.6 Å². The highest BCUT2D eigenvalue weighted by Gasteiger charge is 2.16. The van der Waals surface area contributed by atoms with E-state index in [9.17, 15) is 4.79 Å². The van der Waals surface area contributed by atoms with E-state index in [4.69, 9.17) is 4.52 Å². The maximum atomic E-state index is 12.5. The normalized spacial score (nSPS) is 11.2. The van der Waals surface area contributed by atoms with E-state index in [1.807, 2.05) is 50.2 Å². The van der Waals surface area contributed by atoms with Crippen molar-refractivity contribution in [1.29, 1.82) is 0 Å². The molecule has 0 bridgehead atoms. The standard InChI is InChI=1S/C19H16N4O2/c1-11-8-12(2)20-15(9-11)17-21-18(25-22-17)16-10-13-6-4-5-7-14(13)19(24)23(16)3/h4-10H,1-3H3. The van der Waals surface area contributed by atoms with Crippen molar-refractivity contribution in [1.82, 2.24) is 19.7 Å². The molecule has 6 nitrogen and oxygen atoms in total. The van der Waals surface area contributed by atoms with Gasteiger partial charge in [0.25, 0.3) is 11.4 Å². The van der Waals surface area contributed by atoms with Crippen LogP contribution in [0.2, 0.25) is 0 Å². The van der Waals surface area contributed by atoms with E-state index in [1.165, 1.54) is 4.57 Å². The number of nitrogens with zero attached hydrogens (tertiary/aromatic N) is 4. The second-order valence-corrected chi connectivity index (χ2v) is 6.08. The number of benzene rings is 1. The molecule has 0 unspecified atom stereocenters. The molecule has 4 aromatic rings. The first-order chi connectivity index (χ1) is 12.0. The molecule has 0 radical (unpaired) electrons. The van der Waals surface area contributed by atoms with E-state index in [2.05, 4.69) is 15.1 Å². The van der Waals surface area contributed by atoms with Gasteiger partial charge < -0.3 is 9.09 Å². The third kappa shape index (κ3) is 2.61. The van der Waals surface area contributed by atoms with Crippen LogP contribution in [0.25, 0.3) is 33.9 Å². The predicted molar refractivity (Wildman–Crippen MR) is 95.2 cm³/mol. The number of aromatic nitrogens is 4. The minimum Gasteiger partial charge on any atom is -0.332 e. The Morgan fingerprint density at radius 1 is 1.04 bits per heavy atom. The topological polar surface area (TPSA) is 73.8 Å². The molecule has 3 aromatic heterocycles. The number of rotatable bonds is 2. The van der Waals surface area contributed by atoms with Crippen molar-refractivity contribution >= 4 is 10.8 Å². The molecule has 0 aliphatic rings. The molecule has 124 valence electrons. The van der Waals surface area contributed by atoms with Crippen LogP contribution in [0.3, 0.4) is 0 Å². The van der Waals surface area contributed by atoms with Crippen LogP contribution in [0.15, 0.2) is 51.8 Å². The first kappa shape index (κ1) is 15.3. The van der Waals surface area contributed by atoms with Gasteiger partial charge in [0.15, 0.2) is 0 Å². The number of pyridine rings is 2. The van der Waals surface area contributed by atoms with E-state index in [1.54, 1.807) is 13.1 Å². The van der Waals surface area contributed by atoms with Crippen LogP contribution in [0.1, 0.15) is 11.3 Å². The Bertz CT molecular complexity index is 1140. The lowest BCUT2D eigenvalue weighted by Gasteiger charge is -2.06. The van der Waals surface area contributed by atoms with Gasteiger partial charge in [-0.2, -0.15) is 4.98 Å². The van der Waals surface area contributed by atoms with E-state index < -0.39 is 0 Å². The molecule has 0 saturated heterocycles. The van der Waals surface area contributed by atoms with E-state index in [0.29, 0.717) is 28.5 Å². The Morgan fingerprint density at radius 2 is 1.84 bits per heavy atom. The smallest absolute Gasteiger partial charge is 0.275 e. The van der Waals surface area contributed by atoms with Crippen molar-refractivity contribution in [3.8, 4) is 23.1 Å². The van der Waals surface area contributed by atoms with Gasteiger partial charge in [-0.1, -0.05) is 23.4 Å². The van der Waals surface area contributed by atoms with Crippen LogP contribution >= 0.6 is 0 Å². The highest BCUT2D eigenvalue weighted by Crippen LogP contribution is 2.23. The second-order valence-electron chi connectivity index (χ2n) is 6.08. The lowest BCUT2D eigenvalue weighted by molar-refractivity contribution is 0.429. The zero-order chi connectivity index (χ0) is 17.6. The van der Waals surface area contributed by atoms with Crippen LogP contribution in [0, 0.1) is 13.8 Å². The van der Waals surface area contributed by atoms with Crippen molar-refractivity contribution < 1.29 is 4.52 Å². The lowest BCUT2D eigenvalue weighted by Crippen LogP contribution is -2.18. The van der Waals surface area contributed by atoms with Crippen LogP contribution in [0.4, 0.5) is 0 Å². The Hall–Kier alpha value is -3.28. The van der Waals surface area contributed by atoms with Crippen LogP contribution in [-0.4, -0.2) is 19.7 Å². The van der Waals surface area contributed by atoms with Crippen molar-refractivity contribution in [2.45, 2.75) is 13.8 Å². The zero-order valence-corrected chi connectivity index (χ0v) is 14.1. The minimum atomic E-state index is -0.0997. The summed E-state index contributed by atoms with van der Waals surface area (Å²) in [5, 5.41) is 5.53. The molecular formula is C19H16N4O2. The Kier molecular flexibility index (Phi) is 3.46. The summed E-state index contributed by atoms with van der Waals surface area (Å²) in [5.74, 6) is 0.698. The summed E-state index contributed by atoms with van der Waals surface area (Å²) in [7, 11) is 1.70. The summed E-state index contributed by atoms with van der Waals surface area (Å²) in [4.78, 5) is 21.4. The van der Waals surface area contributed by atoms with Gasteiger partial charge >= 0.3 is 0 Å². The summed E-state index contributed by atoms with van der Waals surface area (Å²) in [6, 6.07) is 13.2. The predicted octanol–water partition coefficient (Wildman–Crippen LogP) is 3.27. The number of aryl methyl sites for hydroxylation is 2. The van der Waals surface area contributed by atoms with Gasteiger partial charge in [-0.15, -0.1) is 0 Å². The molecule has 0 amide bonds. The Labute approximate surface area is 143 Å². The Balaban J connectivity index is 1.87. The molecule has 25 heavy (non-hydrogen) atoms. The first-order valence-corrected chi connectivity index (χ1v) is 7.91. The molecular weight excluding hydrogens is 316 g/mol. The van der Waals surface area contributed by atoms with Crippen molar-refractivity contribution in [2.75, 3.05) is 0 Å². The first-order valence-electron chi connectivity index (χ1n) is 7.91. The van der Waals surface area contributed by atoms with Crippen LogP contribution in [0.5, 0.6) is 0 Å². The summed E-state index contributed by atoms with van der Waals surface area (Å²) in [5.41, 5.74) is 3.09.